The molecular formula is C18H23N3O2S. The Kier molecular flexibility index (Phi) is 5.96. The van der Waals surface area contributed by atoms with Crippen molar-refractivity contribution in [1.82, 2.24) is 15.2 Å². The number of amides is 1. The number of carbonyl (C=O) groups is 1. The molecule has 0 bridgehead atoms. The standard InChI is InChI=1S/C18H23N3O2S/c1-14-17(24-13-20-14)10-19-18(22)9-16-12-21(7-8-23-16)11-15-5-3-2-4-6-15/h2-6,13,16H,7-12H2,1H3,(H,19,22)/t16-/m0/s1. The molecule has 5 nitrogen and oxygen atoms in total. The Labute approximate surface area is 146 Å². The lowest BCUT2D eigenvalue weighted by atomic mass is 10.1. The molecule has 0 aliphatic carbocycles. The molecule has 1 saturated heterocycles. The summed E-state index contributed by atoms with van der Waals surface area (Å²) in [4.78, 5) is 19.8. The molecule has 3 rings (SSSR count). The number of ether oxygens (including phenoxy) is 1. The van der Waals surface area contributed by atoms with Crippen molar-refractivity contribution < 1.29 is 9.53 Å². The molecule has 6 heteroatoms. The summed E-state index contributed by atoms with van der Waals surface area (Å²) in [6, 6.07) is 10.4. The highest BCUT2D eigenvalue weighted by Gasteiger charge is 2.23. The number of hydrogen-bond donors (Lipinski definition) is 1. The van der Waals surface area contributed by atoms with E-state index in [-0.39, 0.29) is 12.0 Å². The molecule has 0 spiro atoms. The molecule has 24 heavy (non-hydrogen) atoms. The fraction of sp³-hybridized carbons (Fsp3) is 0.444. The first-order valence-corrected chi connectivity index (χ1v) is 9.12. The van der Waals surface area contributed by atoms with Crippen LogP contribution in [0.25, 0.3) is 0 Å². The second-order valence-electron chi connectivity index (χ2n) is 6.06. The van der Waals surface area contributed by atoms with Crippen molar-refractivity contribution in [2.45, 2.75) is 32.5 Å². The fourth-order valence-corrected chi connectivity index (χ4v) is 3.56. The summed E-state index contributed by atoms with van der Waals surface area (Å²) in [5.41, 5.74) is 4.09. The Morgan fingerprint density at radius 3 is 3.00 bits per heavy atom. The van der Waals surface area contributed by atoms with E-state index in [0.717, 1.165) is 30.2 Å². The number of nitrogens with zero attached hydrogens (tertiary/aromatic N) is 2. The highest BCUT2D eigenvalue weighted by molar-refractivity contribution is 7.09. The molecule has 128 valence electrons. The number of thiazole rings is 1. The van der Waals surface area contributed by atoms with Crippen molar-refractivity contribution >= 4 is 17.2 Å². The average Bonchev–Trinajstić information content (AvgIpc) is 2.99. The van der Waals surface area contributed by atoms with Crippen molar-refractivity contribution in [3.8, 4) is 0 Å². The maximum absolute atomic E-state index is 12.2. The van der Waals surface area contributed by atoms with Gasteiger partial charge in [-0.1, -0.05) is 30.3 Å². The molecule has 1 aliphatic heterocycles. The molecule has 1 aromatic carbocycles. The van der Waals surface area contributed by atoms with Gasteiger partial charge in [-0.3, -0.25) is 9.69 Å². The number of aryl methyl sites for hydroxylation is 1. The number of carbonyl (C=O) groups excluding carboxylic acids is 1. The van der Waals surface area contributed by atoms with Gasteiger partial charge in [-0.2, -0.15) is 0 Å². The third-order valence-corrected chi connectivity index (χ3v) is 5.11. The van der Waals surface area contributed by atoms with E-state index < -0.39 is 0 Å². The summed E-state index contributed by atoms with van der Waals surface area (Å²) in [5.74, 6) is 0.0364. The Hall–Kier alpha value is -1.76. The quantitative estimate of drug-likeness (QED) is 0.873. The van der Waals surface area contributed by atoms with Crippen LogP contribution >= 0.6 is 11.3 Å². The second-order valence-corrected chi connectivity index (χ2v) is 6.99. The minimum Gasteiger partial charge on any atom is -0.375 e. The van der Waals surface area contributed by atoms with Crippen LogP contribution in [0.2, 0.25) is 0 Å². The Morgan fingerprint density at radius 1 is 1.42 bits per heavy atom. The van der Waals surface area contributed by atoms with Crippen molar-refractivity contribution in [1.29, 1.82) is 0 Å². The molecule has 0 radical (unpaired) electrons. The molecular weight excluding hydrogens is 322 g/mol. The van der Waals surface area contributed by atoms with Gasteiger partial charge in [0.15, 0.2) is 0 Å². The Morgan fingerprint density at radius 2 is 2.25 bits per heavy atom. The van der Waals surface area contributed by atoms with E-state index in [4.69, 9.17) is 4.74 Å². The zero-order chi connectivity index (χ0) is 16.8. The van der Waals surface area contributed by atoms with Crippen LogP contribution in [0, 0.1) is 6.92 Å². The van der Waals surface area contributed by atoms with E-state index in [1.54, 1.807) is 11.3 Å². The van der Waals surface area contributed by atoms with E-state index in [1.165, 1.54) is 5.56 Å². The lowest BCUT2D eigenvalue weighted by Gasteiger charge is -2.32. The summed E-state index contributed by atoms with van der Waals surface area (Å²) in [5, 5.41) is 2.97. The molecule has 1 amide bonds. The zero-order valence-electron chi connectivity index (χ0n) is 13.9. The predicted octanol–water partition coefficient (Wildman–Crippen LogP) is 2.36. The van der Waals surface area contributed by atoms with E-state index >= 15 is 0 Å². The van der Waals surface area contributed by atoms with Gasteiger partial charge in [0.25, 0.3) is 0 Å². The van der Waals surface area contributed by atoms with Gasteiger partial charge in [0.1, 0.15) is 0 Å². The Bertz CT molecular complexity index is 659. The van der Waals surface area contributed by atoms with Crippen LogP contribution in [0.3, 0.4) is 0 Å². The number of nitrogens with one attached hydrogen (secondary N) is 1. The van der Waals surface area contributed by atoms with E-state index in [0.29, 0.717) is 19.6 Å². The number of morpholine rings is 1. The summed E-state index contributed by atoms with van der Waals surface area (Å²) in [6.45, 7) is 5.80. The van der Waals surface area contributed by atoms with Gasteiger partial charge in [-0.15, -0.1) is 11.3 Å². The second kappa shape index (κ2) is 8.37. The minimum atomic E-state index is -0.0370. The van der Waals surface area contributed by atoms with Crippen LogP contribution < -0.4 is 5.32 Å². The van der Waals surface area contributed by atoms with Crippen LogP contribution in [0.15, 0.2) is 35.8 Å². The van der Waals surface area contributed by atoms with Gasteiger partial charge < -0.3 is 10.1 Å². The normalized spacial score (nSPS) is 18.5. The van der Waals surface area contributed by atoms with Crippen molar-refractivity contribution in [2.75, 3.05) is 19.7 Å². The van der Waals surface area contributed by atoms with Gasteiger partial charge in [0, 0.05) is 24.5 Å². The molecule has 1 aromatic heterocycles. The maximum Gasteiger partial charge on any atom is 0.222 e. The zero-order valence-corrected chi connectivity index (χ0v) is 14.7. The van der Waals surface area contributed by atoms with E-state index in [2.05, 4.69) is 39.5 Å². The number of rotatable bonds is 6. The molecule has 0 saturated carbocycles. The third-order valence-electron chi connectivity index (χ3n) is 4.18. The first-order valence-electron chi connectivity index (χ1n) is 8.24. The van der Waals surface area contributed by atoms with Gasteiger partial charge in [0.2, 0.25) is 5.91 Å². The highest BCUT2D eigenvalue weighted by atomic mass is 32.1. The number of benzene rings is 1. The summed E-state index contributed by atoms with van der Waals surface area (Å²) in [6.07, 6.45) is 0.369. The molecule has 1 atom stereocenters. The molecule has 2 aromatic rings. The SMILES string of the molecule is Cc1ncsc1CNC(=O)C[C@H]1CN(Cc2ccccc2)CCO1. The molecule has 1 aliphatic rings. The van der Waals surface area contributed by atoms with Crippen LogP contribution in [0.4, 0.5) is 0 Å². The van der Waals surface area contributed by atoms with Crippen molar-refractivity contribution in [2.24, 2.45) is 0 Å². The smallest absolute Gasteiger partial charge is 0.222 e. The third kappa shape index (κ3) is 4.87. The topological polar surface area (TPSA) is 54.5 Å². The summed E-state index contributed by atoms with van der Waals surface area (Å²) in [7, 11) is 0. The van der Waals surface area contributed by atoms with Crippen LogP contribution in [-0.4, -0.2) is 41.6 Å². The first kappa shape index (κ1) is 17.1. The number of hydrogen-bond acceptors (Lipinski definition) is 5. The van der Waals surface area contributed by atoms with Gasteiger partial charge in [-0.25, -0.2) is 4.98 Å². The molecule has 0 unspecified atom stereocenters. The first-order chi connectivity index (χ1) is 11.7. The van der Waals surface area contributed by atoms with Gasteiger partial charge >= 0.3 is 0 Å². The lowest BCUT2D eigenvalue weighted by molar-refractivity contribution is -0.126. The van der Waals surface area contributed by atoms with Crippen LogP contribution in [0.1, 0.15) is 22.6 Å². The minimum absolute atomic E-state index is 0.0364. The van der Waals surface area contributed by atoms with Gasteiger partial charge in [0.05, 0.1) is 36.9 Å². The average molecular weight is 345 g/mol. The lowest BCUT2D eigenvalue weighted by Crippen LogP contribution is -2.44. The monoisotopic (exact) mass is 345 g/mol. The molecule has 1 fully saturated rings. The number of aromatic nitrogens is 1. The molecule has 2 heterocycles. The fourth-order valence-electron chi connectivity index (χ4n) is 2.84. The predicted molar refractivity (Wildman–Crippen MR) is 94.8 cm³/mol. The summed E-state index contributed by atoms with van der Waals surface area (Å²) >= 11 is 1.57. The van der Waals surface area contributed by atoms with Crippen LogP contribution in [0.5, 0.6) is 0 Å². The maximum atomic E-state index is 12.2. The van der Waals surface area contributed by atoms with Crippen molar-refractivity contribution in [3.63, 3.8) is 0 Å². The van der Waals surface area contributed by atoms with Crippen LogP contribution in [-0.2, 0) is 22.6 Å². The summed E-state index contributed by atoms with van der Waals surface area (Å²) < 4.78 is 5.77. The van der Waals surface area contributed by atoms with E-state index in [1.807, 2.05) is 18.5 Å². The Balaban J connectivity index is 1.44. The van der Waals surface area contributed by atoms with Gasteiger partial charge in [-0.05, 0) is 12.5 Å². The van der Waals surface area contributed by atoms with Crippen molar-refractivity contribution in [3.05, 3.63) is 52.0 Å². The van der Waals surface area contributed by atoms with E-state index in [9.17, 15) is 4.79 Å². The highest BCUT2D eigenvalue weighted by Crippen LogP contribution is 2.14. The largest absolute Gasteiger partial charge is 0.375 e. The molecule has 1 N–H and O–H groups in total.